The minimum Gasteiger partial charge on any atom is -0.313 e. The quantitative estimate of drug-likeness (QED) is 0.783. The molecule has 0 aliphatic rings. The van der Waals surface area contributed by atoms with Gasteiger partial charge in [-0.25, -0.2) is 4.39 Å². The van der Waals surface area contributed by atoms with Crippen LogP contribution >= 0.6 is 15.9 Å². The Hall–Kier alpha value is -1.19. The predicted octanol–water partition coefficient (Wildman–Crippen LogP) is 4.75. The third kappa shape index (κ3) is 3.88. The molecule has 3 heteroatoms. The molecule has 1 N–H and O–H groups in total. The lowest BCUT2D eigenvalue weighted by atomic mass is 10.0. The number of halogens is 2. The van der Waals surface area contributed by atoms with E-state index in [9.17, 15) is 4.39 Å². The van der Waals surface area contributed by atoms with Gasteiger partial charge in [0.1, 0.15) is 5.82 Å². The van der Waals surface area contributed by atoms with Gasteiger partial charge in [0, 0.05) is 16.6 Å². The van der Waals surface area contributed by atoms with Gasteiger partial charge in [-0.1, -0.05) is 41.1 Å². The Balaban J connectivity index is 2.25. The van der Waals surface area contributed by atoms with Crippen molar-refractivity contribution in [2.75, 3.05) is 6.54 Å². The first-order valence-corrected chi connectivity index (χ1v) is 7.25. The van der Waals surface area contributed by atoms with Crippen LogP contribution in [0.3, 0.4) is 0 Å². The summed E-state index contributed by atoms with van der Waals surface area (Å²) in [5, 5.41) is 3.23. The van der Waals surface area contributed by atoms with E-state index in [2.05, 4.69) is 28.2 Å². The molecule has 0 saturated carbocycles. The highest BCUT2D eigenvalue weighted by Crippen LogP contribution is 2.24. The number of nitrogens with one attached hydrogen (secondary N) is 1. The fourth-order valence-electron chi connectivity index (χ4n) is 1.96. The largest absolute Gasteiger partial charge is 0.313 e. The van der Waals surface area contributed by atoms with Crippen molar-refractivity contribution in [1.82, 2.24) is 5.32 Å². The minimum atomic E-state index is -0.151. The SMILES string of the molecule is CCCNCc1cc(-c2cccc(Br)c2)ccc1F. The first-order chi connectivity index (χ1) is 9.20. The van der Waals surface area contributed by atoms with Gasteiger partial charge in [-0.2, -0.15) is 0 Å². The maximum atomic E-state index is 13.7. The zero-order valence-electron chi connectivity index (χ0n) is 10.9. The van der Waals surface area contributed by atoms with Crippen LogP contribution in [0.5, 0.6) is 0 Å². The molecule has 0 unspecified atom stereocenters. The minimum absolute atomic E-state index is 0.151. The Morgan fingerprint density at radius 3 is 2.63 bits per heavy atom. The van der Waals surface area contributed by atoms with E-state index < -0.39 is 0 Å². The van der Waals surface area contributed by atoms with Crippen molar-refractivity contribution < 1.29 is 4.39 Å². The fraction of sp³-hybridized carbons (Fsp3) is 0.250. The van der Waals surface area contributed by atoms with Crippen LogP contribution < -0.4 is 5.32 Å². The van der Waals surface area contributed by atoms with Crippen molar-refractivity contribution >= 4 is 15.9 Å². The Bertz CT molecular complexity index is 554. The Morgan fingerprint density at radius 1 is 1.11 bits per heavy atom. The first-order valence-electron chi connectivity index (χ1n) is 6.46. The van der Waals surface area contributed by atoms with E-state index in [0.29, 0.717) is 12.1 Å². The van der Waals surface area contributed by atoms with E-state index in [4.69, 9.17) is 0 Å². The second kappa shape index (κ2) is 6.83. The zero-order chi connectivity index (χ0) is 13.7. The van der Waals surface area contributed by atoms with Crippen molar-refractivity contribution in [2.24, 2.45) is 0 Å². The van der Waals surface area contributed by atoms with Crippen LogP contribution in [0, 0.1) is 5.82 Å². The van der Waals surface area contributed by atoms with Gasteiger partial charge >= 0.3 is 0 Å². The van der Waals surface area contributed by atoms with Gasteiger partial charge in [-0.05, 0) is 48.4 Å². The second-order valence-electron chi connectivity index (χ2n) is 4.49. The molecule has 0 aliphatic carbocycles. The number of rotatable bonds is 5. The van der Waals surface area contributed by atoms with Crippen molar-refractivity contribution in [1.29, 1.82) is 0 Å². The molecule has 0 atom stereocenters. The van der Waals surface area contributed by atoms with Crippen LogP contribution in [0.15, 0.2) is 46.9 Å². The normalized spacial score (nSPS) is 10.7. The molecular formula is C16H17BrFN. The highest BCUT2D eigenvalue weighted by molar-refractivity contribution is 9.10. The number of hydrogen-bond donors (Lipinski definition) is 1. The third-order valence-corrected chi connectivity index (χ3v) is 3.44. The van der Waals surface area contributed by atoms with E-state index in [0.717, 1.165) is 28.6 Å². The van der Waals surface area contributed by atoms with Gasteiger partial charge in [0.25, 0.3) is 0 Å². The molecule has 0 amide bonds. The molecule has 2 rings (SSSR count). The van der Waals surface area contributed by atoms with E-state index in [1.165, 1.54) is 0 Å². The zero-order valence-corrected chi connectivity index (χ0v) is 12.5. The summed E-state index contributed by atoms with van der Waals surface area (Å²) < 4.78 is 14.8. The summed E-state index contributed by atoms with van der Waals surface area (Å²) in [7, 11) is 0. The highest BCUT2D eigenvalue weighted by Gasteiger charge is 2.05. The van der Waals surface area contributed by atoms with Crippen LogP contribution in [0.2, 0.25) is 0 Å². The molecule has 0 fully saturated rings. The van der Waals surface area contributed by atoms with Gasteiger partial charge in [0.2, 0.25) is 0 Å². The van der Waals surface area contributed by atoms with Gasteiger partial charge in [0.15, 0.2) is 0 Å². The highest BCUT2D eigenvalue weighted by atomic mass is 79.9. The van der Waals surface area contributed by atoms with E-state index in [-0.39, 0.29) is 5.82 Å². The van der Waals surface area contributed by atoms with Crippen LogP contribution in [0.25, 0.3) is 11.1 Å². The van der Waals surface area contributed by atoms with E-state index in [1.807, 2.05) is 36.4 Å². The molecule has 0 saturated heterocycles. The topological polar surface area (TPSA) is 12.0 Å². The maximum Gasteiger partial charge on any atom is 0.127 e. The molecule has 19 heavy (non-hydrogen) atoms. The third-order valence-electron chi connectivity index (χ3n) is 2.95. The Morgan fingerprint density at radius 2 is 1.89 bits per heavy atom. The monoisotopic (exact) mass is 321 g/mol. The van der Waals surface area contributed by atoms with Gasteiger partial charge in [-0.3, -0.25) is 0 Å². The van der Waals surface area contributed by atoms with Crippen molar-refractivity contribution in [2.45, 2.75) is 19.9 Å². The summed E-state index contributed by atoms with van der Waals surface area (Å²) in [6.45, 7) is 3.57. The van der Waals surface area contributed by atoms with Crippen molar-refractivity contribution in [3.05, 3.63) is 58.3 Å². The molecule has 0 aromatic heterocycles. The number of benzene rings is 2. The molecule has 0 bridgehead atoms. The lowest BCUT2D eigenvalue weighted by molar-refractivity contribution is 0.587. The fourth-order valence-corrected chi connectivity index (χ4v) is 2.36. The van der Waals surface area contributed by atoms with Crippen LogP contribution in [0.1, 0.15) is 18.9 Å². The van der Waals surface area contributed by atoms with Crippen LogP contribution in [0.4, 0.5) is 4.39 Å². The second-order valence-corrected chi connectivity index (χ2v) is 5.41. The summed E-state index contributed by atoms with van der Waals surface area (Å²) in [6.07, 6.45) is 1.05. The summed E-state index contributed by atoms with van der Waals surface area (Å²) in [5.41, 5.74) is 2.84. The van der Waals surface area contributed by atoms with Gasteiger partial charge in [0.05, 0.1) is 0 Å². The molecule has 100 valence electrons. The van der Waals surface area contributed by atoms with Crippen LogP contribution in [-0.4, -0.2) is 6.54 Å². The average molecular weight is 322 g/mol. The van der Waals surface area contributed by atoms with Gasteiger partial charge < -0.3 is 5.32 Å². The van der Waals surface area contributed by atoms with E-state index in [1.54, 1.807) is 6.07 Å². The van der Waals surface area contributed by atoms with Crippen molar-refractivity contribution in [3.8, 4) is 11.1 Å². The average Bonchev–Trinajstić information content (AvgIpc) is 2.41. The molecule has 0 aliphatic heterocycles. The maximum absolute atomic E-state index is 13.7. The molecule has 0 heterocycles. The Kier molecular flexibility index (Phi) is 5.11. The smallest absolute Gasteiger partial charge is 0.127 e. The summed E-state index contributed by atoms with van der Waals surface area (Å²) in [6, 6.07) is 13.3. The lowest BCUT2D eigenvalue weighted by Crippen LogP contribution is -2.14. The molecule has 2 aromatic carbocycles. The summed E-state index contributed by atoms with van der Waals surface area (Å²) in [4.78, 5) is 0. The standard InChI is InChI=1S/C16H17BrFN/c1-2-8-19-11-14-9-13(6-7-16(14)18)12-4-3-5-15(17)10-12/h3-7,9-10,19H,2,8,11H2,1H3. The molecule has 0 spiro atoms. The first kappa shape index (κ1) is 14.2. The number of hydrogen-bond acceptors (Lipinski definition) is 1. The summed E-state index contributed by atoms with van der Waals surface area (Å²) >= 11 is 3.46. The van der Waals surface area contributed by atoms with Crippen molar-refractivity contribution in [3.63, 3.8) is 0 Å². The molecule has 2 aromatic rings. The molecular weight excluding hydrogens is 305 g/mol. The lowest BCUT2D eigenvalue weighted by Gasteiger charge is -2.08. The molecule has 1 nitrogen and oxygen atoms in total. The molecule has 0 radical (unpaired) electrons. The van der Waals surface area contributed by atoms with Gasteiger partial charge in [-0.15, -0.1) is 0 Å². The summed E-state index contributed by atoms with van der Waals surface area (Å²) in [5.74, 6) is -0.151. The van der Waals surface area contributed by atoms with E-state index >= 15 is 0 Å². The predicted molar refractivity (Wildman–Crippen MR) is 81.5 cm³/mol. The Labute approximate surface area is 122 Å². The van der Waals surface area contributed by atoms with Crippen LogP contribution in [-0.2, 0) is 6.54 Å².